The molecule has 0 unspecified atom stereocenters. The van der Waals surface area contributed by atoms with E-state index >= 15 is 0 Å². The van der Waals surface area contributed by atoms with Crippen LogP contribution >= 0.6 is 0 Å². The van der Waals surface area contributed by atoms with Gasteiger partial charge in [0.1, 0.15) is 17.1 Å². The number of primary amides is 1. The fraction of sp³-hybridized carbons (Fsp3) is 0.280. The summed E-state index contributed by atoms with van der Waals surface area (Å²) in [6.45, 7) is 3.66. The summed E-state index contributed by atoms with van der Waals surface area (Å²) in [6, 6.07) is 17.0. The van der Waals surface area contributed by atoms with Crippen LogP contribution < -0.4 is 10.5 Å². The van der Waals surface area contributed by atoms with Crippen molar-refractivity contribution in [2.75, 3.05) is 19.6 Å². The van der Waals surface area contributed by atoms with Crippen LogP contribution in [0.5, 0.6) is 11.6 Å². The molecule has 1 saturated heterocycles. The Morgan fingerprint density at radius 1 is 1.06 bits per heavy atom. The highest BCUT2D eigenvalue weighted by Crippen LogP contribution is 2.28. The minimum absolute atomic E-state index is 0.0144. The Morgan fingerprint density at radius 2 is 1.84 bits per heavy atom. The summed E-state index contributed by atoms with van der Waals surface area (Å²) in [5, 5.41) is 0. The predicted octanol–water partition coefficient (Wildman–Crippen LogP) is 4.81. The second-order valence-corrected chi connectivity index (χ2v) is 7.85. The van der Waals surface area contributed by atoms with E-state index in [1.54, 1.807) is 6.07 Å². The number of nitrogens with zero attached hydrogens (tertiary/aromatic N) is 2. The number of hydrogen-bond donors (Lipinski definition) is 1. The first kappa shape index (κ1) is 21.0. The summed E-state index contributed by atoms with van der Waals surface area (Å²) in [4.78, 5) is 18.0. The molecule has 1 fully saturated rings. The van der Waals surface area contributed by atoms with Crippen molar-refractivity contribution in [2.45, 2.75) is 25.7 Å². The first-order chi connectivity index (χ1) is 15.1. The number of nitrogens with two attached hydrogens (primary N) is 1. The van der Waals surface area contributed by atoms with E-state index < -0.39 is 11.7 Å². The lowest BCUT2D eigenvalue weighted by molar-refractivity contribution is 0.0997. The van der Waals surface area contributed by atoms with Crippen LogP contribution in [0, 0.1) is 5.82 Å². The topological polar surface area (TPSA) is 68.5 Å². The first-order valence-electron chi connectivity index (χ1n) is 10.6. The van der Waals surface area contributed by atoms with Crippen LogP contribution in [0.15, 0.2) is 60.8 Å². The normalized spacial score (nSPS) is 14.0. The van der Waals surface area contributed by atoms with Crippen molar-refractivity contribution in [3.05, 3.63) is 77.7 Å². The molecule has 31 heavy (non-hydrogen) atoms. The van der Waals surface area contributed by atoms with Crippen molar-refractivity contribution in [1.29, 1.82) is 0 Å². The second-order valence-electron chi connectivity index (χ2n) is 7.85. The summed E-state index contributed by atoms with van der Waals surface area (Å²) in [7, 11) is 0. The van der Waals surface area contributed by atoms with E-state index in [1.807, 2.05) is 18.2 Å². The Kier molecular flexibility index (Phi) is 6.57. The number of hydrogen-bond acceptors (Lipinski definition) is 4. The smallest absolute Gasteiger partial charge is 0.254 e. The van der Waals surface area contributed by atoms with Crippen molar-refractivity contribution in [1.82, 2.24) is 9.88 Å². The Hall–Kier alpha value is -3.25. The first-order valence-corrected chi connectivity index (χ1v) is 10.6. The van der Waals surface area contributed by atoms with E-state index in [0.717, 1.165) is 29.8 Å². The highest BCUT2D eigenvalue weighted by molar-refractivity contribution is 5.95. The van der Waals surface area contributed by atoms with Gasteiger partial charge >= 0.3 is 0 Å². The number of ether oxygens (including phenoxy) is 1. The third kappa shape index (κ3) is 5.47. The van der Waals surface area contributed by atoms with Gasteiger partial charge in [-0.1, -0.05) is 36.4 Å². The van der Waals surface area contributed by atoms with Gasteiger partial charge in [0.15, 0.2) is 0 Å². The number of carbonyl (C=O) groups is 1. The number of likely N-dealkylation sites (tertiary alicyclic amines) is 1. The zero-order valence-corrected chi connectivity index (χ0v) is 17.4. The number of pyridine rings is 1. The molecule has 2 aromatic carbocycles. The molecule has 1 aliphatic heterocycles. The van der Waals surface area contributed by atoms with Crippen LogP contribution in [0.25, 0.3) is 11.1 Å². The zero-order chi connectivity index (χ0) is 21.6. The molecular formula is C25H26FN3O2. The lowest BCUT2D eigenvalue weighted by atomic mass is 10.0. The van der Waals surface area contributed by atoms with Gasteiger partial charge in [0, 0.05) is 0 Å². The monoisotopic (exact) mass is 419 g/mol. The highest BCUT2D eigenvalue weighted by Gasteiger charge is 2.14. The van der Waals surface area contributed by atoms with Gasteiger partial charge in [0.05, 0.1) is 6.20 Å². The largest absolute Gasteiger partial charge is 0.438 e. The van der Waals surface area contributed by atoms with Crippen LogP contribution in [-0.4, -0.2) is 35.4 Å². The van der Waals surface area contributed by atoms with Gasteiger partial charge in [0.25, 0.3) is 5.91 Å². The predicted molar refractivity (Wildman–Crippen MR) is 119 cm³/mol. The summed E-state index contributed by atoms with van der Waals surface area (Å²) in [6.07, 6.45) is 5.91. The number of rotatable bonds is 8. The molecule has 0 spiro atoms. The van der Waals surface area contributed by atoms with Gasteiger partial charge in [-0.2, -0.15) is 0 Å². The molecule has 0 saturated carbocycles. The minimum Gasteiger partial charge on any atom is -0.438 e. The minimum atomic E-state index is -0.793. The molecule has 1 aromatic heterocycles. The van der Waals surface area contributed by atoms with Crippen LogP contribution in [0.4, 0.5) is 4.39 Å². The molecule has 0 radical (unpaired) electrons. The molecule has 2 N–H and O–H groups in total. The third-order valence-electron chi connectivity index (χ3n) is 5.56. The number of halogens is 1. The molecule has 0 aliphatic carbocycles. The number of aryl methyl sites for hydroxylation is 1. The molecule has 1 aliphatic rings. The maximum atomic E-state index is 13.4. The van der Waals surface area contributed by atoms with Crippen LogP contribution in [0.2, 0.25) is 0 Å². The third-order valence-corrected chi connectivity index (χ3v) is 5.56. The van der Waals surface area contributed by atoms with Gasteiger partial charge in [-0.15, -0.1) is 0 Å². The average Bonchev–Trinajstić information content (AvgIpc) is 3.29. The molecule has 5 nitrogen and oxygen atoms in total. The highest BCUT2D eigenvalue weighted by atomic mass is 19.1. The molecule has 0 bridgehead atoms. The molecule has 3 aromatic rings. The van der Waals surface area contributed by atoms with Crippen LogP contribution in [-0.2, 0) is 6.42 Å². The molecule has 0 atom stereocenters. The SMILES string of the molecule is NC(=O)c1cc(F)cnc1Oc1cccc(-c2ccc(CCCN3CCCC3)cc2)c1. The molecule has 6 heteroatoms. The van der Waals surface area contributed by atoms with Crippen molar-refractivity contribution in [3.8, 4) is 22.8 Å². The quantitative estimate of drug-likeness (QED) is 0.569. The van der Waals surface area contributed by atoms with E-state index in [1.165, 1.54) is 44.5 Å². The Morgan fingerprint density at radius 3 is 2.58 bits per heavy atom. The lowest BCUT2D eigenvalue weighted by Crippen LogP contribution is -2.20. The number of amides is 1. The van der Waals surface area contributed by atoms with Gasteiger partial charge < -0.3 is 15.4 Å². The molecule has 160 valence electrons. The molecule has 1 amide bonds. The van der Waals surface area contributed by atoms with Crippen LogP contribution in [0.3, 0.4) is 0 Å². The average molecular weight is 420 g/mol. The summed E-state index contributed by atoms with van der Waals surface area (Å²) < 4.78 is 19.1. The summed E-state index contributed by atoms with van der Waals surface area (Å²) in [5.74, 6) is -0.956. The van der Waals surface area contributed by atoms with Gasteiger partial charge in [0.2, 0.25) is 5.88 Å². The van der Waals surface area contributed by atoms with Crippen LogP contribution in [0.1, 0.15) is 35.2 Å². The summed E-state index contributed by atoms with van der Waals surface area (Å²) in [5.41, 5.74) is 8.59. The fourth-order valence-electron chi connectivity index (χ4n) is 3.91. The van der Waals surface area contributed by atoms with Crippen molar-refractivity contribution in [2.24, 2.45) is 5.73 Å². The molecular weight excluding hydrogens is 393 g/mol. The zero-order valence-electron chi connectivity index (χ0n) is 17.4. The lowest BCUT2D eigenvalue weighted by Gasteiger charge is -2.14. The molecule has 2 heterocycles. The van der Waals surface area contributed by atoms with E-state index in [9.17, 15) is 9.18 Å². The van der Waals surface area contributed by atoms with Crippen molar-refractivity contribution < 1.29 is 13.9 Å². The maximum absolute atomic E-state index is 13.4. The van der Waals surface area contributed by atoms with Gasteiger partial charge in [-0.3, -0.25) is 4.79 Å². The van der Waals surface area contributed by atoms with E-state index in [4.69, 9.17) is 10.5 Å². The number of aromatic nitrogens is 1. The maximum Gasteiger partial charge on any atom is 0.254 e. The van der Waals surface area contributed by atoms with Gasteiger partial charge in [-0.25, -0.2) is 9.37 Å². The van der Waals surface area contributed by atoms with Gasteiger partial charge in [-0.05, 0) is 80.2 Å². The number of carbonyl (C=O) groups excluding carboxylic acids is 1. The Balaban J connectivity index is 1.43. The summed E-state index contributed by atoms with van der Waals surface area (Å²) >= 11 is 0. The standard InChI is InChI=1S/C25H26FN3O2/c26-21-16-23(24(27)30)25(28-17-21)31-22-7-3-6-20(15-22)19-10-8-18(9-11-19)5-4-14-29-12-1-2-13-29/h3,6-11,15-17H,1-2,4-5,12-14H2,(H2,27,30). The molecule has 4 rings (SSSR count). The number of benzene rings is 2. The van der Waals surface area contributed by atoms with Crippen molar-refractivity contribution in [3.63, 3.8) is 0 Å². The Bertz CT molecular complexity index is 1050. The van der Waals surface area contributed by atoms with Crippen molar-refractivity contribution >= 4 is 5.91 Å². The van der Waals surface area contributed by atoms with E-state index in [-0.39, 0.29) is 11.4 Å². The van der Waals surface area contributed by atoms with E-state index in [0.29, 0.717) is 5.75 Å². The fourth-order valence-corrected chi connectivity index (χ4v) is 3.91. The second kappa shape index (κ2) is 9.71. The van der Waals surface area contributed by atoms with E-state index in [2.05, 4.69) is 34.1 Å². The Labute approximate surface area is 181 Å².